The van der Waals surface area contributed by atoms with Crippen LogP contribution in [-0.4, -0.2) is 5.97 Å². The fraction of sp³-hybridized carbons (Fsp3) is 0.250. The number of carbonyl (C=O) groups excluding carboxylic acids is 1. The number of fused-ring (bicyclic) bond motifs is 1. The van der Waals surface area contributed by atoms with E-state index in [2.05, 4.69) is 6.07 Å². The van der Waals surface area contributed by atoms with E-state index < -0.39 is 0 Å². The summed E-state index contributed by atoms with van der Waals surface area (Å²) in [5.74, 6) is -0.257. The summed E-state index contributed by atoms with van der Waals surface area (Å²) in [6.45, 7) is 1.80. The number of rotatable bonds is 2. The summed E-state index contributed by atoms with van der Waals surface area (Å²) in [6, 6.07) is 8.04. The molecule has 1 aliphatic rings. The van der Waals surface area contributed by atoms with Gasteiger partial charge in [-0.15, -0.1) is 0 Å². The number of ether oxygens (including phenoxy) is 1. The first-order chi connectivity index (χ1) is 6.81. The number of hydrogen-bond acceptors (Lipinski definition) is 2. The van der Waals surface area contributed by atoms with Crippen molar-refractivity contribution in [2.24, 2.45) is 0 Å². The Kier molecular flexibility index (Phi) is 2.35. The van der Waals surface area contributed by atoms with Gasteiger partial charge in [-0.05, 0) is 18.1 Å². The molecule has 0 heterocycles. The molecule has 0 saturated carbocycles. The normalized spacial score (nSPS) is 18.8. The van der Waals surface area contributed by atoms with Crippen LogP contribution in [0.3, 0.4) is 0 Å². The molecule has 0 bridgehead atoms. The van der Waals surface area contributed by atoms with Crippen molar-refractivity contribution in [2.45, 2.75) is 19.4 Å². The molecule has 0 fully saturated rings. The predicted molar refractivity (Wildman–Crippen MR) is 53.8 cm³/mol. The molecule has 72 valence electrons. The van der Waals surface area contributed by atoms with E-state index in [-0.39, 0.29) is 12.1 Å². The second-order valence-corrected chi connectivity index (χ2v) is 3.33. The van der Waals surface area contributed by atoms with Gasteiger partial charge >= 0.3 is 5.97 Å². The van der Waals surface area contributed by atoms with E-state index in [0.29, 0.717) is 0 Å². The summed E-state index contributed by atoms with van der Waals surface area (Å²) in [5, 5.41) is 0. The monoisotopic (exact) mass is 188 g/mol. The van der Waals surface area contributed by atoms with Crippen molar-refractivity contribution >= 4 is 5.97 Å². The Hall–Kier alpha value is -1.57. The zero-order chi connectivity index (χ0) is 9.97. The predicted octanol–water partition coefficient (Wildman–Crippen LogP) is 2.40. The van der Waals surface area contributed by atoms with Crippen LogP contribution in [-0.2, 0) is 16.0 Å². The largest absolute Gasteiger partial charge is 0.454 e. The van der Waals surface area contributed by atoms with Gasteiger partial charge in [-0.2, -0.15) is 0 Å². The van der Waals surface area contributed by atoms with Crippen molar-refractivity contribution < 1.29 is 9.53 Å². The molecule has 1 aliphatic carbocycles. The lowest BCUT2D eigenvalue weighted by atomic mass is 9.85. The third-order valence-electron chi connectivity index (χ3n) is 2.37. The minimum absolute atomic E-state index is 0.0325. The minimum Gasteiger partial charge on any atom is -0.454 e. The van der Waals surface area contributed by atoms with E-state index in [9.17, 15) is 4.79 Å². The number of esters is 1. The van der Waals surface area contributed by atoms with Crippen LogP contribution in [0.4, 0.5) is 0 Å². The van der Waals surface area contributed by atoms with Crippen molar-refractivity contribution in [3.8, 4) is 0 Å². The summed E-state index contributed by atoms with van der Waals surface area (Å²) >= 11 is 0. The number of hydrogen-bond donors (Lipinski definition) is 0. The number of carbonyl (C=O) groups is 1. The maximum absolute atomic E-state index is 11.1. The molecule has 0 radical (unpaired) electrons. The lowest BCUT2D eigenvalue weighted by Gasteiger charge is -2.28. The van der Waals surface area contributed by atoms with Crippen LogP contribution in [0.25, 0.3) is 0 Å². The van der Waals surface area contributed by atoms with Gasteiger partial charge in [0.25, 0.3) is 0 Å². The molecule has 2 heteroatoms. The SMILES string of the molecule is CC=CC(=O)OC1Cc2ccccc21. The quantitative estimate of drug-likeness (QED) is 0.526. The van der Waals surface area contributed by atoms with Gasteiger partial charge in [-0.25, -0.2) is 4.79 Å². The van der Waals surface area contributed by atoms with Crippen LogP contribution < -0.4 is 0 Å². The molecular weight excluding hydrogens is 176 g/mol. The summed E-state index contributed by atoms with van der Waals surface area (Å²) in [4.78, 5) is 11.1. The van der Waals surface area contributed by atoms with Crippen LogP contribution >= 0.6 is 0 Å². The Morgan fingerprint density at radius 1 is 1.50 bits per heavy atom. The standard InChI is InChI=1S/C12H12O2/c1-2-5-12(13)14-11-8-9-6-3-4-7-10(9)11/h2-7,11H,8H2,1H3. The highest BCUT2D eigenvalue weighted by Gasteiger charge is 2.27. The lowest BCUT2D eigenvalue weighted by Crippen LogP contribution is -2.21. The van der Waals surface area contributed by atoms with Crippen LogP contribution in [0.1, 0.15) is 24.2 Å². The third kappa shape index (κ3) is 1.55. The fourth-order valence-corrected chi connectivity index (χ4v) is 1.63. The Bertz CT molecular complexity index is 380. The highest BCUT2D eigenvalue weighted by molar-refractivity contribution is 5.82. The van der Waals surface area contributed by atoms with Gasteiger partial charge in [0.15, 0.2) is 0 Å². The van der Waals surface area contributed by atoms with Crippen LogP contribution in [0.2, 0.25) is 0 Å². The lowest BCUT2D eigenvalue weighted by molar-refractivity contribution is -0.144. The van der Waals surface area contributed by atoms with Gasteiger partial charge in [0.2, 0.25) is 0 Å². The van der Waals surface area contributed by atoms with E-state index in [1.54, 1.807) is 13.0 Å². The summed E-state index contributed by atoms with van der Waals surface area (Å²) in [5.41, 5.74) is 2.43. The molecule has 0 amide bonds. The second kappa shape index (κ2) is 3.66. The van der Waals surface area contributed by atoms with Gasteiger partial charge in [-0.1, -0.05) is 30.3 Å². The maximum Gasteiger partial charge on any atom is 0.331 e. The van der Waals surface area contributed by atoms with E-state index >= 15 is 0 Å². The first kappa shape index (κ1) is 9.00. The smallest absolute Gasteiger partial charge is 0.331 e. The molecule has 2 nitrogen and oxygen atoms in total. The van der Waals surface area contributed by atoms with Crippen molar-refractivity contribution in [3.63, 3.8) is 0 Å². The average molecular weight is 188 g/mol. The second-order valence-electron chi connectivity index (χ2n) is 3.33. The number of benzene rings is 1. The Balaban J connectivity index is 2.02. The average Bonchev–Trinajstić information content (AvgIpc) is 2.15. The van der Waals surface area contributed by atoms with E-state index in [4.69, 9.17) is 4.74 Å². The highest BCUT2D eigenvalue weighted by atomic mass is 16.5. The summed E-state index contributed by atoms with van der Waals surface area (Å²) < 4.78 is 5.23. The molecule has 14 heavy (non-hydrogen) atoms. The van der Waals surface area contributed by atoms with Gasteiger partial charge in [0.05, 0.1) is 0 Å². The summed E-state index contributed by atoms with van der Waals surface area (Å²) in [7, 11) is 0. The molecule has 0 aromatic heterocycles. The van der Waals surface area contributed by atoms with Crippen LogP contribution in [0.5, 0.6) is 0 Å². The first-order valence-corrected chi connectivity index (χ1v) is 4.72. The molecule has 2 rings (SSSR count). The van der Waals surface area contributed by atoms with E-state index in [0.717, 1.165) is 12.0 Å². The molecule has 0 N–H and O–H groups in total. The van der Waals surface area contributed by atoms with E-state index in [1.807, 2.05) is 18.2 Å². The van der Waals surface area contributed by atoms with Gasteiger partial charge in [0.1, 0.15) is 6.10 Å². The van der Waals surface area contributed by atoms with Gasteiger partial charge in [-0.3, -0.25) is 0 Å². The zero-order valence-corrected chi connectivity index (χ0v) is 8.07. The van der Waals surface area contributed by atoms with Crippen molar-refractivity contribution in [2.75, 3.05) is 0 Å². The zero-order valence-electron chi connectivity index (χ0n) is 8.07. The Morgan fingerprint density at radius 3 is 3.00 bits per heavy atom. The van der Waals surface area contributed by atoms with Gasteiger partial charge in [0, 0.05) is 12.5 Å². The Morgan fingerprint density at radius 2 is 2.29 bits per heavy atom. The van der Waals surface area contributed by atoms with E-state index in [1.165, 1.54) is 11.6 Å². The first-order valence-electron chi connectivity index (χ1n) is 4.72. The molecule has 0 saturated heterocycles. The Labute approximate surface area is 83.2 Å². The molecular formula is C12H12O2. The van der Waals surface area contributed by atoms with Crippen molar-refractivity contribution in [1.29, 1.82) is 0 Å². The van der Waals surface area contributed by atoms with Crippen LogP contribution in [0.15, 0.2) is 36.4 Å². The molecule has 1 atom stereocenters. The highest BCUT2D eigenvalue weighted by Crippen LogP contribution is 2.35. The topological polar surface area (TPSA) is 26.3 Å². The fourth-order valence-electron chi connectivity index (χ4n) is 1.63. The molecule has 1 unspecified atom stereocenters. The molecule has 0 aliphatic heterocycles. The third-order valence-corrected chi connectivity index (χ3v) is 2.37. The minimum atomic E-state index is -0.257. The molecule has 1 aromatic carbocycles. The maximum atomic E-state index is 11.1. The number of allylic oxidation sites excluding steroid dienone is 1. The van der Waals surface area contributed by atoms with Gasteiger partial charge < -0.3 is 4.74 Å². The molecule has 0 spiro atoms. The van der Waals surface area contributed by atoms with Crippen molar-refractivity contribution in [1.82, 2.24) is 0 Å². The summed E-state index contributed by atoms with van der Waals surface area (Å²) in [6.07, 6.45) is 3.95. The van der Waals surface area contributed by atoms with Crippen molar-refractivity contribution in [3.05, 3.63) is 47.5 Å². The van der Waals surface area contributed by atoms with Crippen LogP contribution in [0, 0.1) is 0 Å². The molecule has 1 aromatic rings.